The van der Waals surface area contributed by atoms with Crippen molar-refractivity contribution >= 4 is 16.9 Å². The number of H-pyrrole nitrogens is 2. The standard InChI is InChI=1S/C30H26N4O3/c35-29(36)9-4-2-1-3-6-21-10-12-22(13-11-21)18-28-32-30(34-33-28)24-7-5-8-25(20-24)37-26-14-15-27-23(19-26)16-17-31-27/h5,7-8,10-17,19-20,31H,1-2,4,9,18H2,(H,35,36)(H,32,33,34). The van der Waals surface area contributed by atoms with E-state index in [2.05, 4.69) is 32.0 Å². The fourth-order valence-corrected chi connectivity index (χ4v) is 3.99. The van der Waals surface area contributed by atoms with Crippen LogP contribution in [0.4, 0.5) is 0 Å². The summed E-state index contributed by atoms with van der Waals surface area (Å²) in [6, 6.07) is 23.7. The van der Waals surface area contributed by atoms with Crippen molar-refractivity contribution in [3.63, 3.8) is 0 Å². The molecule has 0 saturated carbocycles. The van der Waals surface area contributed by atoms with Crippen LogP contribution in [-0.2, 0) is 11.2 Å². The summed E-state index contributed by atoms with van der Waals surface area (Å²) in [4.78, 5) is 18.4. The molecule has 5 rings (SSSR count). The molecule has 37 heavy (non-hydrogen) atoms. The van der Waals surface area contributed by atoms with Crippen molar-refractivity contribution in [3.8, 4) is 34.7 Å². The molecule has 0 aliphatic rings. The molecular formula is C30H26N4O3. The van der Waals surface area contributed by atoms with Crippen LogP contribution in [0.25, 0.3) is 22.3 Å². The maximum absolute atomic E-state index is 10.5. The number of carboxylic acid groups (broad SMARTS) is 1. The molecule has 3 N–H and O–H groups in total. The number of aromatic nitrogens is 4. The first-order valence-electron chi connectivity index (χ1n) is 12.2. The van der Waals surface area contributed by atoms with Crippen LogP contribution >= 0.6 is 0 Å². The second-order valence-corrected chi connectivity index (χ2v) is 8.74. The zero-order valence-electron chi connectivity index (χ0n) is 20.2. The summed E-state index contributed by atoms with van der Waals surface area (Å²) < 4.78 is 6.07. The lowest BCUT2D eigenvalue weighted by atomic mass is 10.1. The van der Waals surface area contributed by atoms with E-state index in [1.54, 1.807) is 0 Å². The van der Waals surface area contributed by atoms with Crippen molar-refractivity contribution in [2.45, 2.75) is 32.1 Å². The number of ether oxygens (including phenoxy) is 1. The van der Waals surface area contributed by atoms with Crippen molar-refractivity contribution in [1.82, 2.24) is 20.2 Å². The summed E-state index contributed by atoms with van der Waals surface area (Å²) in [7, 11) is 0. The van der Waals surface area contributed by atoms with Crippen molar-refractivity contribution in [1.29, 1.82) is 0 Å². The van der Waals surface area contributed by atoms with Crippen LogP contribution < -0.4 is 4.74 Å². The summed E-state index contributed by atoms with van der Waals surface area (Å²) in [6.07, 6.45) is 4.89. The highest BCUT2D eigenvalue weighted by Crippen LogP contribution is 2.28. The molecule has 184 valence electrons. The third-order valence-corrected chi connectivity index (χ3v) is 5.89. The van der Waals surface area contributed by atoms with Crippen LogP contribution in [0.15, 0.2) is 79.0 Å². The van der Waals surface area contributed by atoms with E-state index in [-0.39, 0.29) is 6.42 Å². The van der Waals surface area contributed by atoms with Crippen LogP contribution in [0.1, 0.15) is 42.6 Å². The predicted octanol–water partition coefficient (Wildman–Crippen LogP) is 6.33. The van der Waals surface area contributed by atoms with Gasteiger partial charge in [-0.1, -0.05) is 36.1 Å². The van der Waals surface area contributed by atoms with E-state index in [0.717, 1.165) is 51.3 Å². The van der Waals surface area contributed by atoms with Gasteiger partial charge in [0.05, 0.1) is 0 Å². The lowest BCUT2D eigenvalue weighted by Gasteiger charge is -2.07. The lowest BCUT2D eigenvalue weighted by Crippen LogP contribution is -1.93. The normalized spacial score (nSPS) is 10.7. The molecule has 0 aliphatic heterocycles. The van der Waals surface area contributed by atoms with Crippen LogP contribution in [0.5, 0.6) is 11.5 Å². The maximum Gasteiger partial charge on any atom is 0.303 e. The van der Waals surface area contributed by atoms with E-state index in [9.17, 15) is 4.79 Å². The van der Waals surface area contributed by atoms with E-state index >= 15 is 0 Å². The molecule has 2 aromatic heterocycles. The third kappa shape index (κ3) is 6.44. The quantitative estimate of drug-likeness (QED) is 0.165. The molecule has 0 bridgehead atoms. The van der Waals surface area contributed by atoms with Gasteiger partial charge in [-0.15, -0.1) is 0 Å². The number of benzene rings is 3. The predicted molar refractivity (Wildman–Crippen MR) is 142 cm³/mol. The van der Waals surface area contributed by atoms with Crippen molar-refractivity contribution in [3.05, 3.63) is 95.9 Å². The fourth-order valence-electron chi connectivity index (χ4n) is 3.99. The molecule has 0 amide bonds. The second-order valence-electron chi connectivity index (χ2n) is 8.74. The minimum absolute atomic E-state index is 0.199. The fraction of sp³-hybridized carbons (Fsp3) is 0.167. The van der Waals surface area contributed by atoms with E-state index in [1.807, 2.05) is 79.0 Å². The third-order valence-electron chi connectivity index (χ3n) is 5.89. The van der Waals surface area contributed by atoms with Gasteiger partial charge in [0.15, 0.2) is 5.82 Å². The number of nitrogens with one attached hydrogen (secondary N) is 2. The van der Waals surface area contributed by atoms with Gasteiger partial charge in [0.25, 0.3) is 0 Å². The molecule has 0 atom stereocenters. The molecule has 3 aromatic carbocycles. The van der Waals surface area contributed by atoms with Crippen molar-refractivity contribution in [2.24, 2.45) is 0 Å². The van der Waals surface area contributed by atoms with E-state index < -0.39 is 5.97 Å². The zero-order valence-corrected chi connectivity index (χ0v) is 20.2. The Morgan fingerprint density at radius 2 is 1.84 bits per heavy atom. The number of nitrogens with zero attached hydrogens (tertiary/aromatic N) is 2. The number of aromatic amines is 2. The van der Waals surface area contributed by atoms with Gasteiger partial charge in [-0.25, -0.2) is 4.98 Å². The molecule has 7 heteroatoms. The number of carbonyl (C=O) groups is 1. The number of hydrogen-bond acceptors (Lipinski definition) is 4. The number of unbranched alkanes of at least 4 members (excludes halogenated alkanes) is 2. The van der Waals surface area contributed by atoms with Gasteiger partial charge in [-0.3, -0.25) is 9.89 Å². The Morgan fingerprint density at radius 3 is 2.70 bits per heavy atom. The summed E-state index contributed by atoms with van der Waals surface area (Å²) >= 11 is 0. The van der Waals surface area contributed by atoms with Crippen molar-refractivity contribution in [2.75, 3.05) is 0 Å². The summed E-state index contributed by atoms with van der Waals surface area (Å²) in [5.74, 6) is 8.37. The average Bonchev–Trinajstić information content (AvgIpc) is 3.56. The molecule has 0 unspecified atom stereocenters. The highest BCUT2D eigenvalue weighted by Gasteiger charge is 2.09. The van der Waals surface area contributed by atoms with Gasteiger partial charge in [0, 0.05) is 47.5 Å². The minimum atomic E-state index is -0.758. The number of hydrogen-bond donors (Lipinski definition) is 3. The first-order valence-corrected chi connectivity index (χ1v) is 12.2. The Morgan fingerprint density at radius 1 is 0.973 bits per heavy atom. The number of rotatable bonds is 9. The Labute approximate surface area is 214 Å². The smallest absolute Gasteiger partial charge is 0.303 e. The highest BCUT2D eigenvalue weighted by molar-refractivity contribution is 5.80. The largest absolute Gasteiger partial charge is 0.481 e. The zero-order chi connectivity index (χ0) is 25.5. The van der Waals surface area contributed by atoms with Gasteiger partial charge in [0.1, 0.15) is 17.3 Å². The number of carboxylic acids is 1. The number of fused-ring (bicyclic) bond motifs is 1. The van der Waals surface area contributed by atoms with Crippen LogP contribution in [-0.4, -0.2) is 31.2 Å². The van der Waals surface area contributed by atoms with Crippen LogP contribution in [0.2, 0.25) is 0 Å². The summed E-state index contributed by atoms with van der Waals surface area (Å²) in [5.41, 5.74) is 3.98. The van der Waals surface area contributed by atoms with Gasteiger partial charge in [0.2, 0.25) is 0 Å². The SMILES string of the molecule is O=C(O)CCCCC#Cc1ccc(Cc2nc(-c3cccc(Oc4ccc5[nH]ccc5c4)c3)n[nH]2)cc1. The van der Waals surface area contributed by atoms with Gasteiger partial charge < -0.3 is 14.8 Å². The summed E-state index contributed by atoms with van der Waals surface area (Å²) in [5, 5.41) is 17.2. The Balaban J connectivity index is 1.19. The topological polar surface area (TPSA) is 104 Å². The Kier molecular flexibility index (Phi) is 7.28. The average molecular weight is 491 g/mol. The molecule has 0 saturated heterocycles. The van der Waals surface area contributed by atoms with Crippen LogP contribution in [0, 0.1) is 11.8 Å². The van der Waals surface area contributed by atoms with Gasteiger partial charge in [-0.2, -0.15) is 5.10 Å². The molecule has 0 radical (unpaired) electrons. The molecular weight excluding hydrogens is 464 g/mol. The molecule has 0 aliphatic carbocycles. The Hall–Kier alpha value is -4.83. The lowest BCUT2D eigenvalue weighted by molar-refractivity contribution is -0.137. The molecule has 0 fully saturated rings. The molecule has 7 nitrogen and oxygen atoms in total. The molecule has 5 aromatic rings. The summed E-state index contributed by atoms with van der Waals surface area (Å²) in [6.45, 7) is 0. The van der Waals surface area contributed by atoms with E-state index in [4.69, 9.17) is 9.84 Å². The minimum Gasteiger partial charge on any atom is -0.481 e. The first-order chi connectivity index (χ1) is 18.1. The molecule has 2 heterocycles. The number of aliphatic carboxylic acids is 1. The molecule has 0 spiro atoms. The highest BCUT2D eigenvalue weighted by atomic mass is 16.5. The van der Waals surface area contributed by atoms with Gasteiger partial charge in [-0.05, 0) is 66.9 Å². The van der Waals surface area contributed by atoms with E-state index in [1.165, 1.54) is 0 Å². The first kappa shape index (κ1) is 23.9. The van der Waals surface area contributed by atoms with Crippen molar-refractivity contribution < 1.29 is 14.6 Å². The second kappa shape index (κ2) is 11.3. The van der Waals surface area contributed by atoms with E-state index in [0.29, 0.717) is 25.1 Å². The monoisotopic (exact) mass is 490 g/mol. The van der Waals surface area contributed by atoms with Gasteiger partial charge >= 0.3 is 5.97 Å². The van der Waals surface area contributed by atoms with Crippen LogP contribution in [0.3, 0.4) is 0 Å². The Bertz CT molecular complexity index is 1570. The maximum atomic E-state index is 10.5.